The Morgan fingerprint density at radius 1 is 1.27 bits per heavy atom. The minimum absolute atomic E-state index is 0.115. The van der Waals surface area contributed by atoms with Crippen molar-refractivity contribution < 1.29 is 9.53 Å². The largest absolute Gasteiger partial charge is 0.497 e. The first-order valence-electron chi connectivity index (χ1n) is 7.29. The third-order valence-electron chi connectivity index (χ3n) is 3.35. The van der Waals surface area contributed by atoms with Gasteiger partial charge in [0.25, 0.3) is 5.91 Å². The van der Waals surface area contributed by atoms with Gasteiger partial charge < -0.3 is 15.4 Å². The molecular formula is C17H21N3O2. The van der Waals surface area contributed by atoms with Gasteiger partial charge >= 0.3 is 0 Å². The Kier molecular flexibility index (Phi) is 5.36. The molecule has 5 nitrogen and oxygen atoms in total. The second-order valence-electron chi connectivity index (χ2n) is 5.10. The number of nitrogens with zero attached hydrogens (tertiary/aromatic N) is 1. The molecule has 0 saturated heterocycles. The highest BCUT2D eigenvalue weighted by Crippen LogP contribution is 2.21. The first-order chi connectivity index (χ1) is 10.6. The summed E-state index contributed by atoms with van der Waals surface area (Å²) in [4.78, 5) is 16.2. The Morgan fingerprint density at radius 2 is 2.09 bits per heavy atom. The number of hydrogen-bond acceptors (Lipinski definition) is 4. The molecule has 0 aliphatic carbocycles. The van der Waals surface area contributed by atoms with E-state index in [1.807, 2.05) is 38.1 Å². The normalized spacial score (nSPS) is 11.6. The van der Waals surface area contributed by atoms with Crippen LogP contribution in [0.2, 0.25) is 0 Å². The van der Waals surface area contributed by atoms with E-state index in [1.165, 1.54) is 0 Å². The van der Waals surface area contributed by atoms with Crippen LogP contribution in [0.5, 0.6) is 5.75 Å². The standard InChI is InChI=1S/C17H21N3O2/c1-4-12(2)19-17(21)13-8-15(11-18-10-13)20-14-6-5-7-16(9-14)22-3/h5-12,20H,4H2,1-3H3,(H,19,21). The SMILES string of the molecule is CCC(C)NC(=O)c1cncc(Nc2cccc(OC)c2)c1. The van der Waals surface area contributed by atoms with Crippen molar-refractivity contribution in [3.63, 3.8) is 0 Å². The lowest BCUT2D eigenvalue weighted by molar-refractivity contribution is 0.0939. The minimum atomic E-state index is -0.115. The van der Waals surface area contributed by atoms with Crippen molar-refractivity contribution in [3.8, 4) is 5.75 Å². The maximum atomic E-state index is 12.1. The maximum absolute atomic E-state index is 12.1. The molecule has 1 aromatic heterocycles. The molecule has 1 unspecified atom stereocenters. The molecule has 0 radical (unpaired) electrons. The third kappa shape index (κ3) is 4.22. The topological polar surface area (TPSA) is 63.2 Å². The van der Waals surface area contributed by atoms with E-state index in [2.05, 4.69) is 15.6 Å². The molecule has 2 rings (SSSR count). The quantitative estimate of drug-likeness (QED) is 0.858. The van der Waals surface area contributed by atoms with Crippen LogP contribution in [0.15, 0.2) is 42.7 Å². The van der Waals surface area contributed by atoms with Gasteiger partial charge in [0.1, 0.15) is 5.75 Å². The Balaban J connectivity index is 2.12. The summed E-state index contributed by atoms with van der Waals surface area (Å²) in [6.07, 6.45) is 4.13. The van der Waals surface area contributed by atoms with E-state index in [-0.39, 0.29) is 11.9 Å². The summed E-state index contributed by atoms with van der Waals surface area (Å²) >= 11 is 0. The number of carbonyl (C=O) groups excluding carboxylic acids is 1. The van der Waals surface area contributed by atoms with Crippen LogP contribution in [-0.2, 0) is 0 Å². The summed E-state index contributed by atoms with van der Waals surface area (Å²) < 4.78 is 5.19. The number of rotatable bonds is 6. The fourth-order valence-electron chi connectivity index (χ4n) is 1.91. The smallest absolute Gasteiger partial charge is 0.253 e. The number of ether oxygens (including phenoxy) is 1. The molecule has 1 amide bonds. The number of methoxy groups -OCH3 is 1. The number of hydrogen-bond donors (Lipinski definition) is 2. The van der Waals surface area contributed by atoms with Gasteiger partial charge in [-0.2, -0.15) is 0 Å². The van der Waals surface area contributed by atoms with Crippen molar-refractivity contribution >= 4 is 17.3 Å². The van der Waals surface area contributed by atoms with Crippen LogP contribution >= 0.6 is 0 Å². The van der Waals surface area contributed by atoms with Crippen LogP contribution in [0.4, 0.5) is 11.4 Å². The summed E-state index contributed by atoms with van der Waals surface area (Å²) in [5.74, 6) is 0.653. The summed E-state index contributed by atoms with van der Waals surface area (Å²) in [6, 6.07) is 9.50. The average Bonchev–Trinajstić information content (AvgIpc) is 2.55. The highest BCUT2D eigenvalue weighted by Gasteiger charge is 2.09. The third-order valence-corrected chi connectivity index (χ3v) is 3.35. The molecule has 0 spiro atoms. The van der Waals surface area contributed by atoms with E-state index in [0.29, 0.717) is 5.56 Å². The van der Waals surface area contributed by atoms with E-state index in [0.717, 1.165) is 23.5 Å². The van der Waals surface area contributed by atoms with Crippen LogP contribution in [0, 0.1) is 0 Å². The molecule has 2 N–H and O–H groups in total. The van der Waals surface area contributed by atoms with E-state index < -0.39 is 0 Å². The van der Waals surface area contributed by atoms with E-state index in [4.69, 9.17) is 4.74 Å². The Labute approximate surface area is 130 Å². The Bertz CT molecular complexity index is 643. The number of anilines is 2. The van der Waals surface area contributed by atoms with Crippen molar-refractivity contribution in [2.75, 3.05) is 12.4 Å². The van der Waals surface area contributed by atoms with Gasteiger partial charge in [-0.25, -0.2) is 0 Å². The van der Waals surface area contributed by atoms with Gasteiger partial charge in [-0.05, 0) is 31.5 Å². The Hall–Kier alpha value is -2.56. The number of nitrogens with one attached hydrogen (secondary N) is 2. The minimum Gasteiger partial charge on any atom is -0.497 e. The van der Waals surface area contributed by atoms with Crippen molar-refractivity contribution in [2.45, 2.75) is 26.3 Å². The molecule has 0 aliphatic heterocycles. The second-order valence-corrected chi connectivity index (χ2v) is 5.10. The lowest BCUT2D eigenvalue weighted by Gasteiger charge is -2.12. The lowest BCUT2D eigenvalue weighted by atomic mass is 10.2. The van der Waals surface area contributed by atoms with Crippen LogP contribution in [0.25, 0.3) is 0 Å². The van der Waals surface area contributed by atoms with E-state index >= 15 is 0 Å². The molecule has 0 saturated carbocycles. The number of carbonyl (C=O) groups is 1. The fourth-order valence-corrected chi connectivity index (χ4v) is 1.91. The van der Waals surface area contributed by atoms with Crippen LogP contribution in [0.3, 0.4) is 0 Å². The van der Waals surface area contributed by atoms with Gasteiger partial charge in [0.05, 0.1) is 24.6 Å². The molecule has 116 valence electrons. The predicted octanol–water partition coefficient (Wildman–Crippen LogP) is 3.36. The number of pyridine rings is 1. The molecule has 1 atom stereocenters. The molecule has 2 aromatic rings. The van der Waals surface area contributed by atoms with Crippen molar-refractivity contribution in [3.05, 3.63) is 48.3 Å². The lowest BCUT2D eigenvalue weighted by Crippen LogP contribution is -2.31. The van der Waals surface area contributed by atoms with Gasteiger partial charge in [0.15, 0.2) is 0 Å². The predicted molar refractivity (Wildman–Crippen MR) is 87.7 cm³/mol. The van der Waals surface area contributed by atoms with Gasteiger partial charge in [0.2, 0.25) is 0 Å². The molecule has 22 heavy (non-hydrogen) atoms. The molecule has 0 bridgehead atoms. The number of benzene rings is 1. The van der Waals surface area contributed by atoms with E-state index in [1.54, 1.807) is 25.6 Å². The Morgan fingerprint density at radius 3 is 2.82 bits per heavy atom. The molecule has 1 heterocycles. The summed E-state index contributed by atoms with van der Waals surface area (Å²) in [5.41, 5.74) is 2.17. The molecule has 0 fully saturated rings. The highest BCUT2D eigenvalue weighted by atomic mass is 16.5. The van der Waals surface area contributed by atoms with Crippen molar-refractivity contribution in [2.24, 2.45) is 0 Å². The number of amides is 1. The molecule has 1 aromatic carbocycles. The first-order valence-corrected chi connectivity index (χ1v) is 7.29. The summed E-state index contributed by atoms with van der Waals surface area (Å²) in [7, 11) is 1.63. The van der Waals surface area contributed by atoms with Gasteiger partial charge in [-0.15, -0.1) is 0 Å². The summed E-state index contributed by atoms with van der Waals surface area (Å²) in [6.45, 7) is 4.01. The van der Waals surface area contributed by atoms with Gasteiger partial charge in [-0.3, -0.25) is 9.78 Å². The second kappa shape index (κ2) is 7.45. The van der Waals surface area contributed by atoms with E-state index in [9.17, 15) is 4.79 Å². The molecular weight excluding hydrogens is 278 g/mol. The summed E-state index contributed by atoms with van der Waals surface area (Å²) in [5, 5.41) is 6.15. The zero-order valence-electron chi connectivity index (χ0n) is 13.1. The van der Waals surface area contributed by atoms with Crippen molar-refractivity contribution in [1.82, 2.24) is 10.3 Å². The number of aromatic nitrogens is 1. The van der Waals surface area contributed by atoms with Crippen LogP contribution in [-0.4, -0.2) is 24.0 Å². The fraction of sp³-hybridized carbons (Fsp3) is 0.294. The molecule has 5 heteroatoms. The van der Waals surface area contributed by atoms with Crippen LogP contribution < -0.4 is 15.4 Å². The molecule has 0 aliphatic rings. The van der Waals surface area contributed by atoms with Gasteiger partial charge in [0, 0.05) is 24.0 Å². The zero-order valence-corrected chi connectivity index (χ0v) is 13.1. The average molecular weight is 299 g/mol. The first kappa shape index (κ1) is 15.8. The highest BCUT2D eigenvalue weighted by molar-refractivity contribution is 5.95. The zero-order chi connectivity index (χ0) is 15.9. The van der Waals surface area contributed by atoms with Gasteiger partial charge in [-0.1, -0.05) is 13.0 Å². The monoisotopic (exact) mass is 299 g/mol. The van der Waals surface area contributed by atoms with Crippen molar-refractivity contribution in [1.29, 1.82) is 0 Å². The van der Waals surface area contributed by atoms with Crippen LogP contribution in [0.1, 0.15) is 30.6 Å². The maximum Gasteiger partial charge on any atom is 0.253 e.